The van der Waals surface area contributed by atoms with Crippen LogP contribution >= 0.6 is 22.9 Å². The van der Waals surface area contributed by atoms with E-state index >= 15 is 0 Å². The highest BCUT2D eigenvalue weighted by Gasteiger charge is 2.38. The zero-order chi connectivity index (χ0) is 22.2. The largest absolute Gasteiger partial charge is 0.330 e. The lowest BCUT2D eigenvalue weighted by molar-refractivity contribution is -0.134. The lowest BCUT2D eigenvalue weighted by Crippen LogP contribution is -2.47. The summed E-state index contributed by atoms with van der Waals surface area (Å²) in [5, 5.41) is 2.71. The van der Waals surface area contributed by atoms with Gasteiger partial charge < -0.3 is 9.80 Å². The van der Waals surface area contributed by atoms with Gasteiger partial charge in [0, 0.05) is 28.0 Å². The van der Waals surface area contributed by atoms with Gasteiger partial charge in [0.2, 0.25) is 5.91 Å². The number of hydrogen-bond acceptors (Lipinski definition) is 3. The molecule has 164 valence electrons. The maximum Gasteiger partial charge on any atom is 0.254 e. The van der Waals surface area contributed by atoms with E-state index in [9.17, 15) is 14.0 Å². The van der Waals surface area contributed by atoms with Crippen LogP contribution in [0.1, 0.15) is 45.2 Å². The molecule has 0 N–H and O–H groups in total. The van der Waals surface area contributed by atoms with Crippen molar-refractivity contribution >= 4 is 34.8 Å². The van der Waals surface area contributed by atoms with Gasteiger partial charge in [-0.15, -0.1) is 11.3 Å². The van der Waals surface area contributed by atoms with Crippen molar-refractivity contribution in [2.75, 3.05) is 13.1 Å². The van der Waals surface area contributed by atoms with Crippen LogP contribution in [0, 0.1) is 5.82 Å². The minimum absolute atomic E-state index is 0.0103. The lowest BCUT2D eigenvalue weighted by atomic mass is 9.93. The van der Waals surface area contributed by atoms with Crippen molar-refractivity contribution in [2.24, 2.45) is 0 Å². The van der Waals surface area contributed by atoms with E-state index < -0.39 is 5.82 Å². The van der Waals surface area contributed by atoms with Gasteiger partial charge in [-0.2, -0.15) is 0 Å². The van der Waals surface area contributed by atoms with Crippen LogP contribution < -0.4 is 0 Å². The molecular formula is C25H22ClFN2O2S. The number of halogens is 2. The molecule has 1 unspecified atom stereocenters. The number of amides is 2. The van der Waals surface area contributed by atoms with Crippen molar-refractivity contribution in [3.63, 3.8) is 0 Å². The minimum Gasteiger partial charge on any atom is -0.330 e. The molecule has 0 radical (unpaired) electrons. The fourth-order valence-corrected chi connectivity index (χ4v) is 5.40. The highest BCUT2D eigenvalue weighted by molar-refractivity contribution is 7.10. The van der Waals surface area contributed by atoms with Crippen LogP contribution in [0.5, 0.6) is 0 Å². The Morgan fingerprint density at radius 3 is 2.62 bits per heavy atom. The van der Waals surface area contributed by atoms with Crippen molar-refractivity contribution in [1.29, 1.82) is 0 Å². The van der Waals surface area contributed by atoms with Gasteiger partial charge in [-0.1, -0.05) is 29.8 Å². The second-order valence-corrected chi connectivity index (χ2v) is 9.70. The Labute approximate surface area is 195 Å². The summed E-state index contributed by atoms with van der Waals surface area (Å²) < 4.78 is 13.7. The fourth-order valence-electron chi connectivity index (χ4n) is 4.37. The summed E-state index contributed by atoms with van der Waals surface area (Å²) in [6.45, 7) is 0.579. The first-order chi connectivity index (χ1) is 15.5. The predicted molar refractivity (Wildman–Crippen MR) is 123 cm³/mol. The molecule has 1 fully saturated rings. The van der Waals surface area contributed by atoms with Gasteiger partial charge in [0.25, 0.3) is 5.91 Å². The maximum atomic E-state index is 13.7. The van der Waals surface area contributed by atoms with E-state index in [0.29, 0.717) is 11.6 Å². The third-order valence-corrected chi connectivity index (χ3v) is 7.35. The molecule has 0 saturated heterocycles. The number of nitrogens with zero attached hydrogens (tertiary/aromatic N) is 2. The van der Waals surface area contributed by atoms with E-state index in [1.165, 1.54) is 23.1 Å². The molecule has 1 aromatic heterocycles. The van der Waals surface area contributed by atoms with Crippen molar-refractivity contribution in [2.45, 2.75) is 31.3 Å². The van der Waals surface area contributed by atoms with Crippen LogP contribution in [0.4, 0.5) is 4.39 Å². The molecule has 2 aromatic carbocycles. The zero-order valence-corrected chi connectivity index (χ0v) is 18.9. The smallest absolute Gasteiger partial charge is 0.254 e. The minimum atomic E-state index is -0.457. The number of rotatable bonds is 5. The van der Waals surface area contributed by atoms with Crippen LogP contribution in [-0.4, -0.2) is 40.7 Å². The number of fused-ring (bicyclic) bond motifs is 1. The molecule has 1 aliphatic heterocycles. The van der Waals surface area contributed by atoms with Gasteiger partial charge in [-0.25, -0.2) is 4.39 Å². The van der Waals surface area contributed by atoms with Gasteiger partial charge in [-0.05, 0) is 72.2 Å². The van der Waals surface area contributed by atoms with E-state index in [1.54, 1.807) is 22.3 Å². The Kier molecular flexibility index (Phi) is 5.74. The van der Waals surface area contributed by atoms with Gasteiger partial charge in [0.15, 0.2) is 0 Å². The highest BCUT2D eigenvalue weighted by atomic mass is 35.5. The topological polar surface area (TPSA) is 40.6 Å². The molecule has 2 aliphatic rings. The fraction of sp³-hybridized carbons (Fsp3) is 0.280. The highest BCUT2D eigenvalue weighted by Crippen LogP contribution is 2.38. The molecule has 1 saturated carbocycles. The average molecular weight is 469 g/mol. The van der Waals surface area contributed by atoms with Gasteiger partial charge in [0.05, 0.1) is 6.04 Å². The van der Waals surface area contributed by atoms with Crippen molar-refractivity contribution in [3.8, 4) is 0 Å². The molecule has 0 bridgehead atoms. The summed E-state index contributed by atoms with van der Waals surface area (Å²) in [5.74, 6) is -0.850. The van der Waals surface area contributed by atoms with Crippen molar-refractivity contribution in [1.82, 2.24) is 9.80 Å². The Morgan fingerprint density at radius 1 is 1.12 bits per heavy atom. The maximum absolute atomic E-state index is 13.7. The Hall–Kier alpha value is -2.70. The summed E-state index contributed by atoms with van der Waals surface area (Å²) in [6.07, 6.45) is 2.53. The number of carbonyl (C=O) groups is 2. The second-order valence-electron chi connectivity index (χ2n) is 8.26. The summed E-state index contributed by atoms with van der Waals surface area (Å²) in [5.41, 5.74) is 2.40. The number of carbonyl (C=O) groups excluding carboxylic acids is 2. The Bertz CT molecular complexity index is 1160. The predicted octanol–water partition coefficient (Wildman–Crippen LogP) is 5.32. The van der Waals surface area contributed by atoms with E-state index in [2.05, 4.69) is 11.4 Å². The first kappa shape index (κ1) is 21.2. The third-order valence-electron chi connectivity index (χ3n) is 6.10. The standard InChI is InChI=1S/C25H22ClFN2O2S/c26-18-6-4-16(5-7-18)24-21-11-13-32-22(21)10-12-28(24)23(30)15-29(20-8-9-20)25(31)17-2-1-3-19(27)14-17/h1-7,11,13-14,20,24H,8-10,12,15H2. The molecule has 4 nitrogen and oxygen atoms in total. The molecular weight excluding hydrogens is 447 g/mol. The number of hydrogen-bond donors (Lipinski definition) is 0. The average Bonchev–Trinajstić information content (AvgIpc) is 3.52. The number of benzene rings is 2. The summed E-state index contributed by atoms with van der Waals surface area (Å²) >= 11 is 7.80. The van der Waals surface area contributed by atoms with E-state index in [1.807, 2.05) is 29.2 Å². The third kappa shape index (κ3) is 4.17. The Morgan fingerprint density at radius 2 is 1.91 bits per heavy atom. The summed E-state index contributed by atoms with van der Waals surface area (Å²) in [4.78, 5) is 31.4. The molecule has 2 amide bonds. The van der Waals surface area contributed by atoms with Gasteiger partial charge in [-0.3, -0.25) is 9.59 Å². The molecule has 0 spiro atoms. The SMILES string of the molecule is O=C(c1cccc(F)c1)N(CC(=O)N1CCc2sccc2C1c1ccc(Cl)cc1)C1CC1. The monoisotopic (exact) mass is 468 g/mol. The molecule has 3 aromatic rings. The van der Waals surface area contributed by atoms with Crippen LogP contribution in [0.15, 0.2) is 60.0 Å². The molecule has 2 heterocycles. The van der Waals surface area contributed by atoms with E-state index in [4.69, 9.17) is 11.6 Å². The molecule has 32 heavy (non-hydrogen) atoms. The number of thiophene rings is 1. The van der Waals surface area contributed by atoms with Crippen LogP contribution in [0.3, 0.4) is 0 Å². The first-order valence-electron chi connectivity index (χ1n) is 10.7. The Balaban J connectivity index is 1.43. The van der Waals surface area contributed by atoms with E-state index in [0.717, 1.165) is 30.4 Å². The van der Waals surface area contributed by atoms with Crippen LogP contribution in [-0.2, 0) is 11.2 Å². The molecule has 5 rings (SSSR count). The van der Waals surface area contributed by atoms with Crippen LogP contribution in [0.25, 0.3) is 0 Å². The van der Waals surface area contributed by atoms with Crippen molar-refractivity contribution in [3.05, 3.63) is 92.4 Å². The summed E-state index contributed by atoms with van der Waals surface area (Å²) in [7, 11) is 0. The quantitative estimate of drug-likeness (QED) is 0.508. The van der Waals surface area contributed by atoms with E-state index in [-0.39, 0.29) is 36.0 Å². The van der Waals surface area contributed by atoms with Crippen molar-refractivity contribution < 1.29 is 14.0 Å². The first-order valence-corrected chi connectivity index (χ1v) is 11.9. The molecule has 7 heteroatoms. The molecule has 1 atom stereocenters. The van der Waals surface area contributed by atoms with Crippen LogP contribution in [0.2, 0.25) is 5.02 Å². The van der Waals surface area contributed by atoms with Gasteiger partial charge in [0.1, 0.15) is 12.4 Å². The lowest BCUT2D eigenvalue weighted by Gasteiger charge is -2.37. The molecule has 1 aliphatic carbocycles. The summed E-state index contributed by atoms with van der Waals surface area (Å²) in [6, 6.07) is 15.2. The zero-order valence-electron chi connectivity index (χ0n) is 17.3. The second kappa shape index (κ2) is 8.68. The van der Waals surface area contributed by atoms with Gasteiger partial charge >= 0.3 is 0 Å². The normalized spacial score (nSPS) is 17.7.